The predicted molar refractivity (Wildman–Crippen MR) is 141 cm³/mol. The molecule has 182 valence electrons. The molecule has 2 heterocycles. The average Bonchev–Trinajstić information content (AvgIpc) is 3.12. The number of aliphatic hydroxyl groups is 1. The van der Waals surface area contributed by atoms with Crippen molar-refractivity contribution in [1.82, 2.24) is 9.13 Å². The molecule has 0 saturated carbocycles. The average molecular weight is 482 g/mol. The fourth-order valence-electron chi connectivity index (χ4n) is 5.18. The molecule has 0 atom stereocenters. The highest BCUT2D eigenvalue weighted by Crippen LogP contribution is 2.37. The Morgan fingerprint density at radius 1 is 0.861 bits per heavy atom. The van der Waals surface area contributed by atoms with Gasteiger partial charge in [0.15, 0.2) is 0 Å². The first-order valence-electron chi connectivity index (χ1n) is 12.0. The molecule has 7 nitrogen and oxygen atoms in total. The van der Waals surface area contributed by atoms with Crippen molar-refractivity contribution in [3.8, 4) is 11.8 Å². The Balaban J connectivity index is 1.76. The number of aliphatic hydroxyl groups excluding tert-OH is 1. The minimum Gasteiger partial charge on any atom is -0.384 e. The number of nitrogens with zero attached hydrogens (tertiary/aromatic N) is 3. The third-order valence-corrected chi connectivity index (χ3v) is 6.71. The molecule has 1 N–H and O–H groups in total. The molecule has 1 aliphatic heterocycles. The van der Waals surface area contributed by atoms with Gasteiger partial charge in [0.05, 0.1) is 16.7 Å². The quantitative estimate of drug-likeness (QED) is 0.343. The maximum absolute atomic E-state index is 13.8. The Kier molecular flexibility index (Phi) is 5.57. The van der Waals surface area contributed by atoms with Crippen LogP contribution in [0.25, 0.3) is 21.8 Å². The van der Waals surface area contributed by atoms with E-state index < -0.39 is 11.8 Å². The van der Waals surface area contributed by atoms with Gasteiger partial charge in [-0.1, -0.05) is 24.0 Å². The summed E-state index contributed by atoms with van der Waals surface area (Å²) in [5, 5.41) is 10.4. The van der Waals surface area contributed by atoms with Gasteiger partial charge in [0.1, 0.15) is 6.61 Å². The third-order valence-electron chi connectivity index (χ3n) is 6.71. The second-order valence-corrected chi connectivity index (χ2v) is 9.63. The summed E-state index contributed by atoms with van der Waals surface area (Å²) in [6.07, 6.45) is 0. The van der Waals surface area contributed by atoms with Crippen molar-refractivity contribution in [3.63, 3.8) is 0 Å². The van der Waals surface area contributed by atoms with Gasteiger partial charge in [-0.2, -0.15) is 0 Å². The molecule has 0 radical (unpaired) electrons. The molecule has 5 rings (SSSR count). The molecule has 2 amide bonds. The van der Waals surface area contributed by atoms with Gasteiger partial charge in [0.25, 0.3) is 11.8 Å². The van der Waals surface area contributed by atoms with E-state index in [9.17, 15) is 14.4 Å². The molecule has 7 heteroatoms. The number of anilines is 1. The lowest BCUT2D eigenvalue weighted by molar-refractivity contribution is 0.0893. The number of carbonyl (C=O) groups excluding carboxylic acids is 2. The number of hydrogen-bond donors (Lipinski definition) is 1. The van der Waals surface area contributed by atoms with Crippen LogP contribution in [0.4, 0.5) is 5.69 Å². The molecular weight excluding hydrogens is 454 g/mol. The smallest absolute Gasteiger partial charge is 0.329 e. The van der Waals surface area contributed by atoms with Crippen LogP contribution in [0.3, 0.4) is 0 Å². The van der Waals surface area contributed by atoms with Crippen LogP contribution >= 0.6 is 0 Å². The van der Waals surface area contributed by atoms with E-state index in [0.29, 0.717) is 38.7 Å². The standard InChI is InChI=1S/C29H27N3O4/c1-16(2)30-24-14-18(5)23(15-25(24)31(17(3)4)29(30)36)32-27(34)21-10-6-9-20-19(8-7-13-33)11-12-22(26(20)21)28(32)35/h6,9-12,14-17,33H,13H2,1-5H3. The molecule has 1 aromatic heterocycles. The van der Waals surface area contributed by atoms with E-state index in [4.69, 9.17) is 5.11 Å². The zero-order valence-corrected chi connectivity index (χ0v) is 20.9. The molecule has 4 aromatic rings. The predicted octanol–water partition coefficient (Wildman–Crippen LogP) is 4.57. The van der Waals surface area contributed by atoms with Gasteiger partial charge >= 0.3 is 5.69 Å². The molecule has 1 aliphatic rings. The Morgan fingerprint density at radius 2 is 1.47 bits per heavy atom. The molecule has 0 spiro atoms. The minimum atomic E-state index is -0.422. The van der Waals surface area contributed by atoms with Crippen LogP contribution in [0.2, 0.25) is 0 Å². The fraction of sp³-hybridized carbons (Fsp3) is 0.276. The van der Waals surface area contributed by atoms with Crippen LogP contribution in [0.5, 0.6) is 0 Å². The summed E-state index contributed by atoms with van der Waals surface area (Å²) in [5.74, 6) is 4.70. The number of rotatable bonds is 3. The minimum absolute atomic E-state index is 0.0453. The van der Waals surface area contributed by atoms with Crippen LogP contribution in [0.15, 0.2) is 47.3 Å². The first kappa shape index (κ1) is 23.6. The number of imide groups is 1. The Morgan fingerprint density at radius 3 is 2.08 bits per heavy atom. The first-order valence-corrected chi connectivity index (χ1v) is 12.0. The maximum Gasteiger partial charge on any atom is 0.329 e. The van der Waals surface area contributed by atoms with Crippen molar-refractivity contribution in [2.45, 2.75) is 46.7 Å². The number of hydrogen-bond acceptors (Lipinski definition) is 4. The number of aryl methyl sites for hydroxylation is 1. The van der Waals surface area contributed by atoms with Crippen molar-refractivity contribution in [2.75, 3.05) is 11.5 Å². The second-order valence-electron chi connectivity index (χ2n) is 9.63. The van der Waals surface area contributed by atoms with Crippen LogP contribution < -0.4 is 10.6 Å². The monoisotopic (exact) mass is 481 g/mol. The SMILES string of the molecule is Cc1cc2c(cc1N1C(=O)c3cccc4c(C#CCO)ccc(c34)C1=O)n(C(C)C)c(=O)n2C(C)C. The lowest BCUT2D eigenvalue weighted by Gasteiger charge is -2.29. The number of fused-ring (bicyclic) bond motifs is 1. The maximum atomic E-state index is 13.8. The largest absolute Gasteiger partial charge is 0.384 e. The van der Waals surface area contributed by atoms with Gasteiger partial charge in [0.2, 0.25) is 0 Å². The van der Waals surface area contributed by atoms with Gasteiger partial charge < -0.3 is 5.11 Å². The van der Waals surface area contributed by atoms with Gasteiger partial charge in [-0.3, -0.25) is 18.7 Å². The molecule has 36 heavy (non-hydrogen) atoms. The molecule has 0 fully saturated rings. The number of benzene rings is 3. The summed E-state index contributed by atoms with van der Waals surface area (Å²) in [5.41, 5.74) is 3.99. The summed E-state index contributed by atoms with van der Waals surface area (Å²) < 4.78 is 3.45. The van der Waals surface area contributed by atoms with Crippen LogP contribution in [-0.2, 0) is 0 Å². The number of aromatic nitrogens is 2. The van der Waals surface area contributed by atoms with Crippen LogP contribution in [0, 0.1) is 18.8 Å². The summed E-state index contributed by atoms with van der Waals surface area (Å²) in [6, 6.07) is 12.3. The summed E-state index contributed by atoms with van der Waals surface area (Å²) in [4.78, 5) is 42.0. The zero-order valence-electron chi connectivity index (χ0n) is 20.9. The van der Waals surface area contributed by atoms with Gasteiger partial charge in [-0.05, 0) is 75.9 Å². The van der Waals surface area contributed by atoms with Crippen molar-refractivity contribution in [1.29, 1.82) is 0 Å². The number of carbonyl (C=O) groups is 2. The first-order chi connectivity index (χ1) is 17.2. The molecule has 0 aliphatic carbocycles. The molecular formula is C29H27N3O4. The van der Waals surface area contributed by atoms with E-state index in [1.165, 1.54) is 4.90 Å². The lowest BCUT2D eigenvalue weighted by Crippen LogP contribution is -2.41. The van der Waals surface area contributed by atoms with Crippen LogP contribution in [0.1, 0.15) is 71.6 Å². The third kappa shape index (κ3) is 3.29. The van der Waals surface area contributed by atoms with E-state index >= 15 is 0 Å². The normalized spacial score (nSPS) is 13.3. The highest BCUT2D eigenvalue weighted by molar-refractivity contribution is 6.36. The number of imidazole rings is 1. The Bertz CT molecular complexity index is 1690. The second kappa shape index (κ2) is 8.51. The molecule has 0 saturated heterocycles. The van der Waals surface area contributed by atoms with E-state index in [0.717, 1.165) is 11.1 Å². The van der Waals surface area contributed by atoms with Crippen LogP contribution in [-0.4, -0.2) is 32.7 Å². The van der Waals surface area contributed by atoms with Gasteiger partial charge in [-0.25, -0.2) is 9.69 Å². The van der Waals surface area contributed by atoms with Crippen molar-refractivity contribution in [2.24, 2.45) is 0 Å². The molecule has 0 unspecified atom stereocenters. The van der Waals surface area contributed by atoms with Crippen molar-refractivity contribution < 1.29 is 14.7 Å². The highest BCUT2D eigenvalue weighted by Gasteiger charge is 2.35. The van der Waals surface area contributed by atoms with Gasteiger partial charge in [-0.15, -0.1) is 0 Å². The van der Waals surface area contributed by atoms with Crippen molar-refractivity contribution in [3.05, 3.63) is 75.2 Å². The molecule has 3 aromatic carbocycles. The fourth-order valence-corrected chi connectivity index (χ4v) is 5.18. The summed E-state index contributed by atoms with van der Waals surface area (Å²) >= 11 is 0. The van der Waals surface area contributed by atoms with E-state index in [1.807, 2.05) is 46.8 Å². The van der Waals surface area contributed by atoms with Gasteiger partial charge in [0, 0.05) is 34.2 Å². The lowest BCUT2D eigenvalue weighted by atomic mass is 9.91. The zero-order chi connectivity index (χ0) is 25.9. The van der Waals surface area contributed by atoms with E-state index in [-0.39, 0.29) is 24.4 Å². The number of amides is 2. The Labute approximate surface area is 208 Å². The molecule has 0 bridgehead atoms. The van der Waals surface area contributed by atoms with Crippen molar-refractivity contribution >= 4 is 39.3 Å². The highest BCUT2D eigenvalue weighted by atomic mass is 16.2. The van der Waals surface area contributed by atoms with E-state index in [2.05, 4.69) is 11.8 Å². The Hall–Kier alpha value is -4.15. The summed E-state index contributed by atoms with van der Waals surface area (Å²) in [6.45, 7) is 9.37. The summed E-state index contributed by atoms with van der Waals surface area (Å²) in [7, 11) is 0. The topological polar surface area (TPSA) is 84.5 Å². The van der Waals surface area contributed by atoms with E-state index in [1.54, 1.807) is 39.5 Å².